The zero-order chi connectivity index (χ0) is 26.4. The van der Waals surface area contributed by atoms with Gasteiger partial charge in [0, 0.05) is 49.4 Å². The number of rotatable bonds is 5. The van der Waals surface area contributed by atoms with Crippen LogP contribution < -0.4 is 15.8 Å². The lowest BCUT2D eigenvalue weighted by atomic mass is 9.98. The van der Waals surface area contributed by atoms with Gasteiger partial charge in [0.25, 0.3) is 11.5 Å². The Morgan fingerprint density at radius 1 is 1.08 bits per heavy atom. The van der Waals surface area contributed by atoms with Crippen molar-refractivity contribution in [3.05, 3.63) is 87.5 Å². The van der Waals surface area contributed by atoms with E-state index in [4.69, 9.17) is 0 Å². The smallest absolute Gasteiger partial charge is 0.274 e. The molecule has 9 nitrogen and oxygen atoms in total. The van der Waals surface area contributed by atoms with Gasteiger partial charge in [0.15, 0.2) is 0 Å². The molecule has 2 N–H and O–H groups in total. The fourth-order valence-corrected chi connectivity index (χ4v) is 5.74. The fourth-order valence-electron chi connectivity index (χ4n) is 5.74. The van der Waals surface area contributed by atoms with Crippen molar-refractivity contribution in [3.63, 3.8) is 0 Å². The molecule has 0 fully saturated rings. The normalized spacial score (nSPS) is 14.8. The average molecular weight is 511 g/mol. The van der Waals surface area contributed by atoms with E-state index in [1.807, 2.05) is 18.2 Å². The Labute approximate surface area is 220 Å². The van der Waals surface area contributed by atoms with Crippen LogP contribution in [-0.4, -0.2) is 36.7 Å². The summed E-state index contributed by atoms with van der Waals surface area (Å²) in [6.45, 7) is 2.81. The number of aliphatic hydroxyl groups excluding tert-OH is 1. The third-order valence-electron chi connectivity index (χ3n) is 7.55. The van der Waals surface area contributed by atoms with Crippen LogP contribution in [0.5, 0.6) is 0 Å². The van der Waals surface area contributed by atoms with E-state index in [0.29, 0.717) is 35.1 Å². The third kappa shape index (κ3) is 4.09. The molecule has 0 unspecified atom stereocenters. The second kappa shape index (κ2) is 9.57. The topological polar surface area (TPSA) is 105 Å². The molecule has 4 heterocycles. The lowest BCUT2D eigenvalue weighted by Crippen LogP contribution is -2.41. The summed E-state index contributed by atoms with van der Waals surface area (Å²) in [4.78, 5) is 36.8. The third-order valence-corrected chi connectivity index (χ3v) is 7.55. The van der Waals surface area contributed by atoms with Gasteiger partial charge < -0.3 is 24.5 Å². The van der Waals surface area contributed by atoms with Crippen LogP contribution in [0.3, 0.4) is 0 Å². The largest absolute Gasteiger partial charge is 0.392 e. The predicted molar refractivity (Wildman–Crippen MR) is 146 cm³/mol. The number of aliphatic hydroxyl groups is 1. The second-order valence-electron chi connectivity index (χ2n) is 9.95. The molecular formula is C29H30N6O3. The lowest BCUT2D eigenvalue weighted by molar-refractivity contribution is 0.0964. The van der Waals surface area contributed by atoms with Gasteiger partial charge in [-0.05, 0) is 68.0 Å². The maximum absolute atomic E-state index is 13.7. The molecule has 4 aromatic rings. The number of pyridine rings is 1. The van der Waals surface area contributed by atoms with Crippen LogP contribution in [0.25, 0.3) is 11.1 Å². The maximum atomic E-state index is 13.7. The highest BCUT2D eigenvalue weighted by molar-refractivity contribution is 6.07. The molecule has 0 bridgehead atoms. The summed E-state index contributed by atoms with van der Waals surface area (Å²) >= 11 is 0. The van der Waals surface area contributed by atoms with E-state index < -0.39 is 0 Å². The van der Waals surface area contributed by atoms with Gasteiger partial charge in [-0.25, -0.2) is 9.97 Å². The highest BCUT2D eigenvalue weighted by atomic mass is 16.3. The Balaban J connectivity index is 1.39. The highest BCUT2D eigenvalue weighted by Crippen LogP contribution is 2.35. The number of carbonyl (C=O) groups excluding carboxylic acids is 1. The zero-order valence-electron chi connectivity index (χ0n) is 21.6. The van der Waals surface area contributed by atoms with E-state index in [1.165, 1.54) is 15.8 Å². The first-order valence-corrected chi connectivity index (χ1v) is 13.0. The quantitative estimate of drug-likeness (QED) is 0.424. The Kier molecular flexibility index (Phi) is 6.07. The Morgan fingerprint density at radius 2 is 1.92 bits per heavy atom. The van der Waals surface area contributed by atoms with Crippen molar-refractivity contribution in [2.75, 3.05) is 16.8 Å². The van der Waals surface area contributed by atoms with Crippen LogP contribution in [0.15, 0.2) is 53.6 Å². The predicted octanol–water partition coefficient (Wildman–Crippen LogP) is 3.73. The monoisotopic (exact) mass is 510 g/mol. The molecule has 1 aliphatic heterocycles. The van der Waals surface area contributed by atoms with E-state index in [1.54, 1.807) is 43.4 Å². The van der Waals surface area contributed by atoms with E-state index >= 15 is 0 Å². The first-order valence-electron chi connectivity index (χ1n) is 13.0. The first kappa shape index (κ1) is 24.1. The van der Waals surface area contributed by atoms with Crippen molar-refractivity contribution in [3.8, 4) is 11.1 Å². The van der Waals surface area contributed by atoms with Crippen LogP contribution in [0.1, 0.15) is 46.0 Å². The molecule has 0 spiro atoms. The molecule has 0 radical (unpaired) electrons. The molecular weight excluding hydrogens is 480 g/mol. The fraction of sp³-hybridized carbons (Fsp3) is 0.310. The van der Waals surface area contributed by atoms with Crippen LogP contribution in [0.4, 0.5) is 17.2 Å². The molecule has 38 heavy (non-hydrogen) atoms. The van der Waals surface area contributed by atoms with Crippen molar-refractivity contribution in [2.45, 2.75) is 45.8 Å². The van der Waals surface area contributed by atoms with Crippen LogP contribution >= 0.6 is 0 Å². The van der Waals surface area contributed by atoms with Crippen molar-refractivity contribution in [2.24, 2.45) is 7.05 Å². The number of amides is 1. The van der Waals surface area contributed by atoms with E-state index in [0.717, 1.165) is 49.0 Å². The number of benzene rings is 1. The van der Waals surface area contributed by atoms with E-state index in [2.05, 4.69) is 25.9 Å². The number of aromatic nitrogens is 4. The number of anilines is 3. The maximum Gasteiger partial charge on any atom is 0.274 e. The molecule has 0 saturated heterocycles. The van der Waals surface area contributed by atoms with Gasteiger partial charge in [-0.1, -0.05) is 12.1 Å². The summed E-state index contributed by atoms with van der Waals surface area (Å²) < 4.78 is 3.69. The number of nitrogens with one attached hydrogen (secondary N) is 1. The molecule has 2 aliphatic rings. The Bertz CT molecular complexity index is 1620. The van der Waals surface area contributed by atoms with Gasteiger partial charge in [-0.15, -0.1) is 0 Å². The number of carbonyl (C=O) groups is 1. The molecule has 0 atom stereocenters. The van der Waals surface area contributed by atoms with E-state index in [-0.39, 0.29) is 18.1 Å². The Hall–Kier alpha value is -4.24. The number of nitrogens with zero attached hydrogens (tertiary/aromatic N) is 5. The molecule has 1 aromatic carbocycles. The van der Waals surface area contributed by atoms with Gasteiger partial charge in [0.2, 0.25) is 0 Å². The van der Waals surface area contributed by atoms with Crippen molar-refractivity contribution >= 4 is 23.1 Å². The molecule has 0 saturated carbocycles. The highest BCUT2D eigenvalue weighted by Gasteiger charge is 2.31. The molecule has 3 aromatic heterocycles. The number of fused-ring (bicyclic) bond motifs is 3. The van der Waals surface area contributed by atoms with Crippen LogP contribution in [0.2, 0.25) is 0 Å². The average Bonchev–Trinajstić information content (AvgIpc) is 3.31. The number of hydrogen-bond donors (Lipinski definition) is 2. The van der Waals surface area contributed by atoms with Gasteiger partial charge in [-0.3, -0.25) is 9.59 Å². The minimum atomic E-state index is -0.247. The summed E-state index contributed by atoms with van der Waals surface area (Å²) in [7, 11) is 1.69. The minimum absolute atomic E-state index is 0.0422. The van der Waals surface area contributed by atoms with Gasteiger partial charge >= 0.3 is 0 Å². The second-order valence-corrected chi connectivity index (χ2v) is 9.95. The van der Waals surface area contributed by atoms with Crippen molar-refractivity contribution in [1.29, 1.82) is 0 Å². The van der Waals surface area contributed by atoms with Crippen LogP contribution in [-0.2, 0) is 33.0 Å². The van der Waals surface area contributed by atoms with Crippen molar-refractivity contribution in [1.82, 2.24) is 19.1 Å². The SMILES string of the molecule is Cc1nccc(Nc2cc(-c3cccc(N4CCn5c(cc6c5CCCC6)C4=O)c3CO)cn(C)c2=O)n1. The van der Waals surface area contributed by atoms with Crippen LogP contribution in [0, 0.1) is 6.92 Å². The van der Waals surface area contributed by atoms with Gasteiger partial charge in [0.05, 0.1) is 12.3 Å². The molecule has 194 valence electrons. The molecule has 1 amide bonds. The summed E-state index contributed by atoms with van der Waals surface area (Å²) in [5, 5.41) is 13.6. The van der Waals surface area contributed by atoms with Gasteiger partial charge in [0.1, 0.15) is 23.0 Å². The standard InChI is InChI=1S/C29H30N6O3/c1-18-30-11-10-27(31-18)32-23-14-20(16-33(2)28(23)37)21-7-5-9-25(22(21)17-36)35-13-12-34-24-8-4-3-6-19(24)15-26(34)29(35)38/h5,7,9-11,14-16,36H,3-4,6,8,12-13,17H2,1-2H3,(H,30,31,32). The minimum Gasteiger partial charge on any atom is -0.392 e. The van der Waals surface area contributed by atoms with Gasteiger partial charge in [-0.2, -0.15) is 0 Å². The molecule has 1 aliphatic carbocycles. The van der Waals surface area contributed by atoms with E-state index in [9.17, 15) is 14.7 Å². The first-order chi connectivity index (χ1) is 18.4. The zero-order valence-corrected chi connectivity index (χ0v) is 21.6. The molecule has 9 heteroatoms. The van der Waals surface area contributed by atoms with Crippen molar-refractivity contribution < 1.29 is 9.90 Å². The molecule has 6 rings (SSSR count). The summed E-state index contributed by atoms with van der Waals surface area (Å²) in [6.07, 6.45) is 7.76. The Morgan fingerprint density at radius 3 is 2.74 bits per heavy atom. The summed E-state index contributed by atoms with van der Waals surface area (Å²) in [5.41, 5.74) is 6.32. The summed E-state index contributed by atoms with van der Waals surface area (Å²) in [6, 6.07) is 11.2. The number of hydrogen-bond acceptors (Lipinski definition) is 6. The summed E-state index contributed by atoms with van der Waals surface area (Å²) in [5.74, 6) is 1.07. The lowest BCUT2D eigenvalue weighted by Gasteiger charge is -2.31. The number of aryl methyl sites for hydroxylation is 3.